The number of fused-ring (bicyclic) bond motifs is 1. The van der Waals surface area contributed by atoms with E-state index in [0.29, 0.717) is 11.4 Å². The summed E-state index contributed by atoms with van der Waals surface area (Å²) in [6.07, 6.45) is 0. The third kappa shape index (κ3) is 2.25. The normalized spacial score (nSPS) is 11.2. The van der Waals surface area contributed by atoms with Crippen molar-refractivity contribution in [1.82, 2.24) is 19.3 Å². The van der Waals surface area contributed by atoms with E-state index >= 15 is 0 Å². The molecule has 1 aromatic carbocycles. The number of ether oxygens (including phenoxy) is 1. The van der Waals surface area contributed by atoms with Gasteiger partial charge in [0.1, 0.15) is 11.3 Å². The highest BCUT2D eigenvalue weighted by Gasteiger charge is 2.15. The van der Waals surface area contributed by atoms with Crippen LogP contribution in [0, 0.1) is 11.7 Å². The molecular weight excluding hydrogens is 284 g/mol. The molecule has 0 radical (unpaired) electrons. The number of rotatable bonds is 4. The Morgan fingerprint density at radius 1 is 1.33 bits per heavy atom. The first-order valence-corrected chi connectivity index (χ1v) is 7.48. The van der Waals surface area contributed by atoms with E-state index in [9.17, 15) is 0 Å². The summed E-state index contributed by atoms with van der Waals surface area (Å²) >= 11 is 5.49. The summed E-state index contributed by atoms with van der Waals surface area (Å²) in [5, 5.41) is 4.54. The van der Waals surface area contributed by atoms with Gasteiger partial charge < -0.3 is 9.72 Å². The zero-order valence-corrected chi connectivity index (χ0v) is 13.2. The topological polar surface area (TPSA) is 47.8 Å². The Labute approximate surface area is 128 Å². The molecule has 0 saturated carbocycles. The van der Waals surface area contributed by atoms with Crippen LogP contribution in [0.2, 0.25) is 0 Å². The maximum Gasteiger partial charge on any atom is 0.184 e. The summed E-state index contributed by atoms with van der Waals surface area (Å²) in [6, 6.07) is 7.94. The number of aromatic nitrogens is 4. The van der Waals surface area contributed by atoms with Crippen LogP contribution in [0.5, 0.6) is 5.75 Å². The highest BCUT2D eigenvalue weighted by Crippen LogP contribution is 2.24. The third-order valence-corrected chi connectivity index (χ3v) is 3.72. The van der Waals surface area contributed by atoms with E-state index in [1.165, 1.54) is 0 Å². The van der Waals surface area contributed by atoms with Crippen molar-refractivity contribution >= 4 is 23.4 Å². The molecule has 2 aromatic heterocycles. The van der Waals surface area contributed by atoms with Crippen LogP contribution in [0.25, 0.3) is 16.9 Å². The Morgan fingerprint density at radius 2 is 2.14 bits per heavy atom. The van der Waals surface area contributed by atoms with Gasteiger partial charge in [-0.15, -0.1) is 0 Å². The predicted octanol–water partition coefficient (Wildman–Crippen LogP) is 3.61. The molecule has 0 aliphatic rings. The summed E-state index contributed by atoms with van der Waals surface area (Å²) in [5.41, 5.74) is 3.92. The molecule has 0 unspecified atom stereocenters. The molecule has 0 saturated heterocycles. The molecule has 3 aromatic rings. The number of aromatic amines is 1. The lowest BCUT2D eigenvalue weighted by Crippen LogP contribution is -2.04. The number of imidazole rings is 1. The van der Waals surface area contributed by atoms with E-state index in [-0.39, 0.29) is 0 Å². The fourth-order valence-corrected chi connectivity index (χ4v) is 2.83. The highest BCUT2D eigenvalue weighted by molar-refractivity contribution is 7.71. The van der Waals surface area contributed by atoms with Crippen molar-refractivity contribution in [3.63, 3.8) is 0 Å². The summed E-state index contributed by atoms with van der Waals surface area (Å²) < 4.78 is 10.2. The van der Waals surface area contributed by atoms with Gasteiger partial charge in [-0.25, -0.2) is 4.68 Å². The summed E-state index contributed by atoms with van der Waals surface area (Å²) in [6.45, 7) is 7.47. The Hall–Kier alpha value is -2.08. The van der Waals surface area contributed by atoms with Crippen LogP contribution in [0.3, 0.4) is 0 Å². The molecule has 0 amide bonds. The van der Waals surface area contributed by atoms with Gasteiger partial charge in [-0.05, 0) is 45.1 Å². The maximum atomic E-state index is 5.58. The molecule has 3 rings (SSSR count). The molecule has 0 bridgehead atoms. The molecular formula is C15H18N4OS. The Bertz CT molecular complexity index is 843. The molecule has 21 heavy (non-hydrogen) atoms. The van der Waals surface area contributed by atoms with Gasteiger partial charge in [-0.2, -0.15) is 5.10 Å². The second-order valence-corrected chi connectivity index (χ2v) is 5.18. The van der Waals surface area contributed by atoms with E-state index < -0.39 is 0 Å². The monoisotopic (exact) mass is 302 g/mol. The van der Waals surface area contributed by atoms with Crippen molar-refractivity contribution in [3.05, 3.63) is 34.7 Å². The van der Waals surface area contributed by atoms with Crippen molar-refractivity contribution in [3.8, 4) is 11.4 Å². The standard InChI is InChI=1S/C15H18N4OS/c1-4-18-14-13(10(3)17-18)16-15(21)19(14)11-7-6-8-12(9-11)20-5-2/h6-9H,4-5H2,1-3H3,(H,16,21). The van der Waals surface area contributed by atoms with E-state index in [1.54, 1.807) is 0 Å². The Balaban J connectivity index is 2.26. The largest absolute Gasteiger partial charge is 0.494 e. The van der Waals surface area contributed by atoms with Gasteiger partial charge >= 0.3 is 0 Å². The lowest BCUT2D eigenvalue weighted by molar-refractivity contribution is 0.340. The van der Waals surface area contributed by atoms with Crippen molar-refractivity contribution in [2.45, 2.75) is 27.3 Å². The molecule has 0 spiro atoms. The Morgan fingerprint density at radius 3 is 2.86 bits per heavy atom. The highest BCUT2D eigenvalue weighted by atomic mass is 32.1. The van der Waals surface area contributed by atoms with E-state index in [0.717, 1.165) is 34.8 Å². The van der Waals surface area contributed by atoms with Gasteiger partial charge in [0.05, 0.1) is 18.0 Å². The molecule has 0 aliphatic heterocycles. The maximum absolute atomic E-state index is 5.58. The minimum Gasteiger partial charge on any atom is -0.494 e. The average Bonchev–Trinajstić information content (AvgIpc) is 2.96. The lowest BCUT2D eigenvalue weighted by Gasteiger charge is -2.08. The fraction of sp³-hybridized carbons (Fsp3) is 0.333. The van der Waals surface area contributed by atoms with Gasteiger partial charge in [-0.1, -0.05) is 6.07 Å². The molecule has 2 heterocycles. The van der Waals surface area contributed by atoms with Crippen molar-refractivity contribution in [2.24, 2.45) is 0 Å². The number of nitrogens with one attached hydrogen (secondary N) is 1. The fourth-order valence-electron chi connectivity index (χ4n) is 2.54. The van der Waals surface area contributed by atoms with Crippen LogP contribution in [0.15, 0.2) is 24.3 Å². The summed E-state index contributed by atoms with van der Waals surface area (Å²) in [7, 11) is 0. The van der Waals surface area contributed by atoms with Crippen LogP contribution in [-0.2, 0) is 6.54 Å². The van der Waals surface area contributed by atoms with Gasteiger partial charge in [0, 0.05) is 12.6 Å². The van der Waals surface area contributed by atoms with E-state index in [2.05, 4.69) is 17.0 Å². The SMILES string of the molecule is CCOc1cccc(-n2c(=S)[nH]c3c(C)nn(CC)c32)c1. The second-order valence-electron chi connectivity index (χ2n) is 4.80. The first-order valence-electron chi connectivity index (χ1n) is 7.07. The zero-order chi connectivity index (χ0) is 15.0. The number of benzene rings is 1. The molecule has 0 atom stereocenters. The number of aryl methyl sites for hydroxylation is 2. The van der Waals surface area contributed by atoms with Crippen LogP contribution < -0.4 is 4.74 Å². The number of nitrogens with zero attached hydrogens (tertiary/aromatic N) is 3. The van der Waals surface area contributed by atoms with Crippen LogP contribution >= 0.6 is 12.2 Å². The third-order valence-electron chi connectivity index (χ3n) is 3.43. The van der Waals surface area contributed by atoms with Gasteiger partial charge in [0.15, 0.2) is 10.4 Å². The van der Waals surface area contributed by atoms with E-state index in [4.69, 9.17) is 17.0 Å². The summed E-state index contributed by atoms with van der Waals surface area (Å²) in [5.74, 6) is 0.838. The number of hydrogen-bond acceptors (Lipinski definition) is 3. The first kappa shape index (κ1) is 13.9. The van der Waals surface area contributed by atoms with Crippen LogP contribution in [0.1, 0.15) is 19.5 Å². The number of H-pyrrole nitrogens is 1. The molecule has 5 nitrogen and oxygen atoms in total. The predicted molar refractivity (Wildman–Crippen MR) is 85.8 cm³/mol. The number of hydrogen-bond donors (Lipinski definition) is 1. The smallest absolute Gasteiger partial charge is 0.184 e. The quantitative estimate of drug-likeness (QED) is 0.749. The van der Waals surface area contributed by atoms with Crippen molar-refractivity contribution < 1.29 is 4.74 Å². The van der Waals surface area contributed by atoms with Crippen LogP contribution in [-0.4, -0.2) is 25.9 Å². The first-order chi connectivity index (χ1) is 10.2. The lowest BCUT2D eigenvalue weighted by atomic mass is 10.3. The van der Waals surface area contributed by atoms with Gasteiger partial charge in [0.25, 0.3) is 0 Å². The van der Waals surface area contributed by atoms with E-state index in [1.807, 2.05) is 47.4 Å². The molecule has 0 aliphatic carbocycles. The minimum absolute atomic E-state index is 0.642. The summed E-state index contributed by atoms with van der Waals surface area (Å²) in [4.78, 5) is 3.25. The zero-order valence-electron chi connectivity index (χ0n) is 12.4. The molecule has 0 fully saturated rings. The van der Waals surface area contributed by atoms with Crippen molar-refractivity contribution in [2.75, 3.05) is 6.61 Å². The molecule has 1 N–H and O–H groups in total. The minimum atomic E-state index is 0.642. The van der Waals surface area contributed by atoms with Gasteiger partial charge in [0.2, 0.25) is 0 Å². The van der Waals surface area contributed by atoms with Gasteiger partial charge in [-0.3, -0.25) is 4.57 Å². The molecule has 6 heteroatoms. The average molecular weight is 302 g/mol. The molecule has 110 valence electrons. The van der Waals surface area contributed by atoms with Crippen LogP contribution in [0.4, 0.5) is 0 Å². The second kappa shape index (κ2) is 5.37. The van der Waals surface area contributed by atoms with Crippen molar-refractivity contribution in [1.29, 1.82) is 0 Å². The Kier molecular flexibility index (Phi) is 3.55.